The molecule has 3 aromatic rings. The molecule has 6 heteroatoms. The van der Waals surface area contributed by atoms with Crippen molar-refractivity contribution in [3.05, 3.63) is 59.9 Å². The Kier molecular flexibility index (Phi) is 3.78. The number of nitrogens with zero attached hydrogens (tertiary/aromatic N) is 3. The summed E-state index contributed by atoms with van der Waals surface area (Å²) in [5.41, 5.74) is 3.49. The molecule has 2 heterocycles. The van der Waals surface area contributed by atoms with Crippen LogP contribution >= 0.6 is 0 Å². The normalized spacial score (nSPS) is 16.4. The molecule has 2 aromatic heterocycles. The van der Waals surface area contributed by atoms with Crippen LogP contribution in [-0.2, 0) is 17.6 Å². The first-order valence-corrected chi connectivity index (χ1v) is 8.00. The Bertz CT molecular complexity index is 859. The van der Waals surface area contributed by atoms with Crippen LogP contribution in [0.15, 0.2) is 48.8 Å². The molecule has 1 aliphatic carbocycles. The first-order valence-electron chi connectivity index (χ1n) is 8.00. The predicted octanol–water partition coefficient (Wildman–Crippen LogP) is 2.61. The molecule has 0 unspecified atom stereocenters. The zero-order valence-corrected chi connectivity index (χ0v) is 13.1. The molecule has 1 aliphatic rings. The lowest BCUT2D eigenvalue weighted by molar-refractivity contribution is -0.120. The van der Waals surface area contributed by atoms with Crippen molar-refractivity contribution in [3.63, 3.8) is 0 Å². The Morgan fingerprint density at radius 3 is 2.71 bits per heavy atom. The SMILES string of the molecule is O=C(Nc1nnc(-c2ccncc2)[nH]1)[C@H]1CCc2ccccc2C1. The van der Waals surface area contributed by atoms with Gasteiger partial charge in [-0.2, -0.15) is 0 Å². The molecule has 1 aromatic carbocycles. The van der Waals surface area contributed by atoms with E-state index in [1.54, 1.807) is 12.4 Å². The van der Waals surface area contributed by atoms with Gasteiger partial charge in [-0.15, -0.1) is 10.2 Å². The van der Waals surface area contributed by atoms with E-state index in [2.05, 4.69) is 37.6 Å². The minimum absolute atomic E-state index is 0.0121. The van der Waals surface area contributed by atoms with Gasteiger partial charge in [-0.25, -0.2) is 0 Å². The van der Waals surface area contributed by atoms with Gasteiger partial charge < -0.3 is 4.98 Å². The first kappa shape index (κ1) is 14.6. The second kappa shape index (κ2) is 6.23. The maximum Gasteiger partial charge on any atom is 0.230 e. The molecule has 1 amide bonds. The number of hydrogen-bond donors (Lipinski definition) is 2. The van der Waals surface area contributed by atoms with E-state index in [-0.39, 0.29) is 11.8 Å². The number of carbonyl (C=O) groups excluding carboxylic acids is 1. The van der Waals surface area contributed by atoms with Gasteiger partial charge in [0.15, 0.2) is 5.82 Å². The third-order valence-electron chi connectivity index (χ3n) is 4.40. The molecular weight excluding hydrogens is 302 g/mol. The summed E-state index contributed by atoms with van der Waals surface area (Å²) in [5.74, 6) is 0.948. The number of nitrogens with one attached hydrogen (secondary N) is 2. The lowest BCUT2D eigenvalue weighted by Gasteiger charge is -2.23. The van der Waals surface area contributed by atoms with Crippen LogP contribution in [0.4, 0.5) is 5.95 Å². The molecule has 0 spiro atoms. The highest BCUT2D eigenvalue weighted by Gasteiger charge is 2.25. The fraction of sp³-hybridized carbons (Fsp3) is 0.222. The second-order valence-corrected chi connectivity index (χ2v) is 5.96. The monoisotopic (exact) mass is 319 g/mol. The summed E-state index contributed by atoms with van der Waals surface area (Å²) in [6, 6.07) is 12.0. The number of amides is 1. The molecule has 0 saturated carbocycles. The number of pyridine rings is 1. The van der Waals surface area contributed by atoms with Crippen LogP contribution in [0.2, 0.25) is 0 Å². The fourth-order valence-electron chi connectivity index (χ4n) is 3.10. The van der Waals surface area contributed by atoms with Crippen molar-refractivity contribution in [1.29, 1.82) is 0 Å². The van der Waals surface area contributed by atoms with Gasteiger partial charge in [0.1, 0.15) is 0 Å². The lowest BCUT2D eigenvalue weighted by Crippen LogP contribution is -2.28. The number of aryl methyl sites for hydroxylation is 1. The zero-order chi connectivity index (χ0) is 16.4. The minimum atomic E-state index is -0.0330. The van der Waals surface area contributed by atoms with Gasteiger partial charge in [0.25, 0.3) is 0 Å². The molecule has 0 saturated heterocycles. The van der Waals surface area contributed by atoms with Crippen molar-refractivity contribution in [2.24, 2.45) is 5.92 Å². The fourth-order valence-corrected chi connectivity index (χ4v) is 3.10. The van der Waals surface area contributed by atoms with Crippen LogP contribution in [-0.4, -0.2) is 26.1 Å². The van der Waals surface area contributed by atoms with Crippen molar-refractivity contribution in [2.75, 3.05) is 5.32 Å². The molecule has 24 heavy (non-hydrogen) atoms. The summed E-state index contributed by atoms with van der Waals surface area (Å²) < 4.78 is 0. The summed E-state index contributed by atoms with van der Waals surface area (Å²) in [6.07, 6.45) is 5.94. The Morgan fingerprint density at radius 1 is 1.08 bits per heavy atom. The van der Waals surface area contributed by atoms with E-state index in [1.165, 1.54) is 11.1 Å². The van der Waals surface area contributed by atoms with E-state index in [9.17, 15) is 4.79 Å². The summed E-state index contributed by atoms with van der Waals surface area (Å²) in [7, 11) is 0. The van der Waals surface area contributed by atoms with Crippen LogP contribution < -0.4 is 5.32 Å². The van der Waals surface area contributed by atoms with E-state index < -0.39 is 0 Å². The van der Waals surface area contributed by atoms with E-state index in [0.717, 1.165) is 24.8 Å². The molecule has 0 fully saturated rings. The number of rotatable bonds is 3. The van der Waals surface area contributed by atoms with Crippen LogP contribution in [0.25, 0.3) is 11.4 Å². The number of H-pyrrole nitrogens is 1. The van der Waals surface area contributed by atoms with Gasteiger partial charge >= 0.3 is 0 Å². The van der Waals surface area contributed by atoms with Gasteiger partial charge in [-0.05, 0) is 42.5 Å². The summed E-state index contributed by atoms with van der Waals surface area (Å²) in [6.45, 7) is 0. The van der Waals surface area contributed by atoms with Gasteiger partial charge in [0.05, 0.1) is 0 Å². The Hall–Kier alpha value is -3.02. The smallest absolute Gasteiger partial charge is 0.230 e. The third kappa shape index (κ3) is 2.90. The topological polar surface area (TPSA) is 83.6 Å². The van der Waals surface area contributed by atoms with Crippen LogP contribution in [0.3, 0.4) is 0 Å². The summed E-state index contributed by atoms with van der Waals surface area (Å²) in [4.78, 5) is 19.5. The zero-order valence-electron chi connectivity index (χ0n) is 13.1. The van der Waals surface area contributed by atoms with Crippen LogP contribution in [0.5, 0.6) is 0 Å². The second-order valence-electron chi connectivity index (χ2n) is 5.96. The third-order valence-corrected chi connectivity index (χ3v) is 4.40. The average Bonchev–Trinajstić information content (AvgIpc) is 3.10. The standard InChI is InChI=1S/C18H17N5O/c24-17(15-6-5-12-3-1-2-4-14(12)11-15)21-18-20-16(22-23-18)13-7-9-19-10-8-13/h1-4,7-10,15H,5-6,11H2,(H2,20,21,22,23,24)/t15-/m0/s1. The van der Waals surface area contributed by atoms with Crippen molar-refractivity contribution in [2.45, 2.75) is 19.3 Å². The molecule has 6 nitrogen and oxygen atoms in total. The van der Waals surface area contributed by atoms with Gasteiger partial charge in [-0.3, -0.25) is 15.1 Å². The number of carbonyl (C=O) groups is 1. The number of aromatic amines is 1. The highest BCUT2D eigenvalue weighted by Crippen LogP contribution is 2.26. The molecule has 0 bridgehead atoms. The lowest BCUT2D eigenvalue weighted by atomic mass is 9.83. The largest absolute Gasteiger partial charge is 0.307 e. The van der Waals surface area contributed by atoms with Crippen molar-refractivity contribution in [1.82, 2.24) is 20.2 Å². The Labute approximate surface area is 139 Å². The maximum absolute atomic E-state index is 12.5. The van der Waals surface area contributed by atoms with Crippen molar-refractivity contribution in [3.8, 4) is 11.4 Å². The van der Waals surface area contributed by atoms with E-state index >= 15 is 0 Å². The maximum atomic E-state index is 12.5. The summed E-state index contributed by atoms with van der Waals surface area (Å²) >= 11 is 0. The van der Waals surface area contributed by atoms with Gasteiger partial charge in [0.2, 0.25) is 11.9 Å². The molecule has 2 N–H and O–H groups in total. The number of anilines is 1. The van der Waals surface area contributed by atoms with E-state index in [0.29, 0.717) is 11.8 Å². The number of hydrogen-bond acceptors (Lipinski definition) is 4. The van der Waals surface area contributed by atoms with E-state index in [4.69, 9.17) is 0 Å². The van der Waals surface area contributed by atoms with Crippen LogP contribution in [0, 0.1) is 5.92 Å². The number of fused-ring (bicyclic) bond motifs is 1. The highest BCUT2D eigenvalue weighted by atomic mass is 16.2. The van der Waals surface area contributed by atoms with Gasteiger partial charge in [0, 0.05) is 23.9 Å². The van der Waals surface area contributed by atoms with E-state index in [1.807, 2.05) is 24.3 Å². The molecule has 1 atom stereocenters. The quantitative estimate of drug-likeness (QED) is 0.777. The average molecular weight is 319 g/mol. The molecular formula is C18H17N5O. The molecule has 0 radical (unpaired) electrons. The first-order chi connectivity index (χ1) is 11.8. The van der Waals surface area contributed by atoms with Crippen molar-refractivity contribution >= 4 is 11.9 Å². The predicted molar refractivity (Wildman–Crippen MR) is 90.2 cm³/mol. The molecule has 4 rings (SSSR count). The highest BCUT2D eigenvalue weighted by molar-refractivity contribution is 5.91. The molecule has 120 valence electrons. The Balaban J connectivity index is 1.45. The minimum Gasteiger partial charge on any atom is -0.307 e. The van der Waals surface area contributed by atoms with Crippen LogP contribution in [0.1, 0.15) is 17.5 Å². The van der Waals surface area contributed by atoms with Gasteiger partial charge in [-0.1, -0.05) is 24.3 Å². The molecule has 0 aliphatic heterocycles. The Morgan fingerprint density at radius 2 is 1.88 bits per heavy atom. The van der Waals surface area contributed by atoms with Crippen molar-refractivity contribution < 1.29 is 4.79 Å². The number of aromatic nitrogens is 4. The number of benzene rings is 1. The summed E-state index contributed by atoms with van der Waals surface area (Å²) in [5, 5.41) is 10.9.